The van der Waals surface area contributed by atoms with Gasteiger partial charge in [0.1, 0.15) is 0 Å². The maximum absolute atomic E-state index is 12.9. The van der Waals surface area contributed by atoms with Crippen LogP contribution in [0.15, 0.2) is 36.4 Å². The Morgan fingerprint density at radius 1 is 0.833 bits per heavy atom. The first kappa shape index (κ1) is 12.9. The summed E-state index contributed by atoms with van der Waals surface area (Å²) in [4.78, 5) is 0. The van der Waals surface area contributed by atoms with Crippen molar-refractivity contribution in [3.63, 3.8) is 0 Å². The highest BCUT2D eigenvalue weighted by Gasteiger charge is 2.32. The zero-order valence-corrected chi connectivity index (χ0v) is 10.2. The van der Waals surface area contributed by atoms with Crippen molar-refractivity contribution in [2.75, 3.05) is 0 Å². The standard InChI is InChI=1S/C14H14F3N/c1-13(2,18)11-7-3-6-10-9(11)5-4-8-12(10)14(15,16)17/h3-8H,18H2,1-2H3. The van der Waals surface area contributed by atoms with E-state index in [-0.39, 0.29) is 5.39 Å². The van der Waals surface area contributed by atoms with Crippen LogP contribution in [-0.4, -0.2) is 0 Å². The lowest BCUT2D eigenvalue weighted by molar-refractivity contribution is -0.136. The van der Waals surface area contributed by atoms with Crippen LogP contribution in [0, 0.1) is 0 Å². The maximum Gasteiger partial charge on any atom is 0.417 e. The topological polar surface area (TPSA) is 26.0 Å². The molecule has 2 N–H and O–H groups in total. The SMILES string of the molecule is CC(C)(N)c1cccc2c(C(F)(F)F)cccc12. The molecule has 0 atom stereocenters. The smallest absolute Gasteiger partial charge is 0.322 e. The molecule has 0 unspecified atom stereocenters. The van der Waals surface area contributed by atoms with Gasteiger partial charge in [0.2, 0.25) is 0 Å². The predicted octanol–water partition coefficient (Wildman–Crippen LogP) is 4.05. The van der Waals surface area contributed by atoms with Gasteiger partial charge in [0.15, 0.2) is 0 Å². The van der Waals surface area contributed by atoms with Crippen LogP contribution in [0.1, 0.15) is 25.0 Å². The number of fused-ring (bicyclic) bond motifs is 1. The Morgan fingerprint density at radius 3 is 1.72 bits per heavy atom. The third-order valence-corrected chi connectivity index (χ3v) is 2.92. The molecule has 18 heavy (non-hydrogen) atoms. The van der Waals surface area contributed by atoms with Crippen LogP contribution < -0.4 is 5.73 Å². The summed E-state index contributed by atoms with van der Waals surface area (Å²) in [5.74, 6) is 0. The molecule has 0 aliphatic carbocycles. The van der Waals surface area contributed by atoms with E-state index < -0.39 is 17.3 Å². The molecular formula is C14H14F3N. The minimum Gasteiger partial charge on any atom is -0.322 e. The summed E-state index contributed by atoms with van der Waals surface area (Å²) in [7, 11) is 0. The largest absolute Gasteiger partial charge is 0.417 e. The van der Waals surface area contributed by atoms with E-state index in [4.69, 9.17) is 5.73 Å². The fourth-order valence-electron chi connectivity index (χ4n) is 2.12. The fraction of sp³-hybridized carbons (Fsp3) is 0.286. The fourth-order valence-corrected chi connectivity index (χ4v) is 2.12. The Balaban J connectivity index is 2.82. The Morgan fingerprint density at radius 2 is 1.28 bits per heavy atom. The van der Waals surface area contributed by atoms with Crippen LogP contribution in [0.25, 0.3) is 10.8 Å². The molecule has 2 rings (SSSR count). The van der Waals surface area contributed by atoms with E-state index in [0.29, 0.717) is 10.9 Å². The van der Waals surface area contributed by atoms with Crippen LogP contribution >= 0.6 is 0 Å². The van der Waals surface area contributed by atoms with E-state index in [0.717, 1.165) is 6.07 Å². The highest BCUT2D eigenvalue weighted by molar-refractivity contribution is 5.89. The molecule has 0 radical (unpaired) electrons. The number of alkyl halides is 3. The van der Waals surface area contributed by atoms with Gasteiger partial charge in [-0.25, -0.2) is 0 Å². The lowest BCUT2D eigenvalue weighted by Crippen LogP contribution is -2.28. The first-order valence-corrected chi connectivity index (χ1v) is 5.59. The van der Waals surface area contributed by atoms with Crippen molar-refractivity contribution >= 4 is 10.8 Å². The van der Waals surface area contributed by atoms with Crippen molar-refractivity contribution in [2.45, 2.75) is 25.6 Å². The van der Waals surface area contributed by atoms with Gasteiger partial charge in [-0.15, -0.1) is 0 Å². The maximum atomic E-state index is 12.9. The molecule has 0 aliphatic rings. The van der Waals surface area contributed by atoms with E-state index in [1.165, 1.54) is 12.1 Å². The second-order valence-corrected chi connectivity index (χ2v) is 4.93. The summed E-state index contributed by atoms with van der Waals surface area (Å²) in [5, 5.41) is 0.751. The molecule has 0 heterocycles. The third kappa shape index (κ3) is 2.20. The van der Waals surface area contributed by atoms with Crippen molar-refractivity contribution in [1.82, 2.24) is 0 Å². The van der Waals surface area contributed by atoms with Gasteiger partial charge in [-0.3, -0.25) is 0 Å². The zero-order valence-electron chi connectivity index (χ0n) is 10.2. The van der Waals surface area contributed by atoms with Gasteiger partial charge in [-0.05, 0) is 36.2 Å². The van der Waals surface area contributed by atoms with Gasteiger partial charge in [0, 0.05) is 5.54 Å². The molecule has 1 nitrogen and oxygen atoms in total. The number of hydrogen-bond acceptors (Lipinski definition) is 1. The zero-order chi connectivity index (χ0) is 13.6. The van der Waals surface area contributed by atoms with Gasteiger partial charge in [-0.1, -0.05) is 30.3 Å². The van der Waals surface area contributed by atoms with E-state index in [2.05, 4.69) is 0 Å². The van der Waals surface area contributed by atoms with Crippen LogP contribution in [0.4, 0.5) is 13.2 Å². The number of nitrogens with two attached hydrogens (primary N) is 1. The number of rotatable bonds is 1. The number of benzene rings is 2. The lowest BCUT2D eigenvalue weighted by Gasteiger charge is -2.22. The first-order valence-electron chi connectivity index (χ1n) is 5.59. The molecule has 2 aromatic rings. The lowest BCUT2D eigenvalue weighted by atomic mass is 9.89. The second kappa shape index (κ2) is 3.99. The first-order chi connectivity index (χ1) is 8.21. The molecule has 0 bridgehead atoms. The van der Waals surface area contributed by atoms with E-state index in [9.17, 15) is 13.2 Å². The van der Waals surface area contributed by atoms with Crippen LogP contribution in [-0.2, 0) is 11.7 Å². The number of hydrogen-bond donors (Lipinski definition) is 1. The molecule has 0 aromatic heterocycles. The van der Waals surface area contributed by atoms with Crippen molar-refractivity contribution < 1.29 is 13.2 Å². The van der Waals surface area contributed by atoms with Crippen LogP contribution in [0.2, 0.25) is 0 Å². The summed E-state index contributed by atoms with van der Waals surface area (Å²) in [5.41, 5.74) is 5.42. The molecular weight excluding hydrogens is 239 g/mol. The van der Waals surface area contributed by atoms with Gasteiger partial charge in [0.05, 0.1) is 5.56 Å². The highest BCUT2D eigenvalue weighted by Crippen LogP contribution is 2.37. The molecule has 0 spiro atoms. The van der Waals surface area contributed by atoms with Gasteiger partial charge < -0.3 is 5.73 Å². The van der Waals surface area contributed by atoms with Gasteiger partial charge in [0.25, 0.3) is 0 Å². The Hall–Kier alpha value is -1.55. The van der Waals surface area contributed by atoms with Crippen LogP contribution in [0.5, 0.6) is 0 Å². The average Bonchev–Trinajstić information content (AvgIpc) is 2.24. The Bertz CT molecular complexity index is 526. The second-order valence-electron chi connectivity index (χ2n) is 4.93. The van der Waals surface area contributed by atoms with E-state index in [1.807, 2.05) is 0 Å². The Labute approximate surface area is 103 Å². The molecule has 0 saturated heterocycles. The minimum absolute atomic E-state index is 0.195. The van der Waals surface area contributed by atoms with Crippen LogP contribution in [0.3, 0.4) is 0 Å². The van der Waals surface area contributed by atoms with Gasteiger partial charge in [-0.2, -0.15) is 13.2 Å². The van der Waals surface area contributed by atoms with Crippen molar-refractivity contribution in [3.05, 3.63) is 47.5 Å². The molecule has 0 saturated carbocycles. The minimum atomic E-state index is -4.35. The molecule has 0 aliphatic heterocycles. The summed E-state index contributed by atoms with van der Waals surface area (Å²) < 4.78 is 38.7. The summed E-state index contributed by atoms with van der Waals surface area (Å²) in [6.07, 6.45) is -4.35. The van der Waals surface area contributed by atoms with Crippen molar-refractivity contribution in [3.8, 4) is 0 Å². The third-order valence-electron chi connectivity index (χ3n) is 2.92. The van der Waals surface area contributed by atoms with E-state index >= 15 is 0 Å². The summed E-state index contributed by atoms with van der Waals surface area (Å²) >= 11 is 0. The molecule has 2 aromatic carbocycles. The number of halogens is 3. The molecule has 96 valence electrons. The summed E-state index contributed by atoms with van der Waals surface area (Å²) in [6, 6.07) is 9.04. The molecule has 0 amide bonds. The molecule has 4 heteroatoms. The summed E-state index contributed by atoms with van der Waals surface area (Å²) in [6.45, 7) is 3.56. The molecule has 0 fully saturated rings. The Kier molecular flexibility index (Phi) is 2.86. The normalized spacial score (nSPS) is 13.0. The van der Waals surface area contributed by atoms with Crippen molar-refractivity contribution in [1.29, 1.82) is 0 Å². The quantitative estimate of drug-likeness (QED) is 0.815. The van der Waals surface area contributed by atoms with Crippen molar-refractivity contribution in [2.24, 2.45) is 5.73 Å². The highest BCUT2D eigenvalue weighted by atomic mass is 19.4. The van der Waals surface area contributed by atoms with E-state index in [1.54, 1.807) is 32.0 Å². The predicted molar refractivity (Wildman–Crippen MR) is 66.2 cm³/mol. The average molecular weight is 253 g/mol. The monoisotopic (exact) mass is 253 g/mol. The van der Waals surface area contributed by atoms with Gasteiger partial charge >= 0.3 is 6.18 Å².